The number of cyclic esters (lactones) is 1. The van der Waals surface area contributed by atoms with E-state index in [9.17, 15) is 22.8 Å². The molecule has 5 nitrogen and oxygen atoms in total. The Balaban J connectivity index is 1.93. The number of carbonyl (C=O) groups excluding carboxylic acids is 1. The number of rotatable bonds is 5. The van der Waals surface area contributed by atoms with Gasteiger partial charge >= 0.3 is 18.2 Å². The van der Waals surface area contributed by atoms with Gasteiger partial charge < -0.3 is 14.7 Å². The molecular formula is C14H14F3NO4. The molecule has 1 heterocycles. The lowest BCUT2D eigenvalue weighted by atomic mass is 10.1. The van der Waals surface area contributed by atoms with Gasteiger partial charge in [0.15, 0.2) is 0 Å². The summed E-state index contributed by atoms with van der Waals surface area (Å²) in [4.78, 5) is 23.5. The molecule has 1 aliphatic heterocycles. The van der Waals surface area contributed by atoms with Crippen molar-refractivity contribution < 1.29 is 32.6 Å². The lowest BCUT2D eigenvalue weighted by Crippen LogP contribution is -2.24. The number of hydrogen-bond donors (Lipinski definition) is 1. The summed E-state index contributed by atoms with van der Waals surface area (Å²) in [6.07, 6.45) is -5.38. The van der Waals surface area contributed by atoms with E-state index in [4.69, 9.17) is 9.84 Å². The number of benzene rings is 1. The fourth-order valence-electron chi connectivity index (χ4n) is 2.16. The predicted molar refractivity (Wildman–Crippen MR) is 69.0 cm³/mol. The molecule has 0 aromatic heterocycles. The number of halogens is 3. The van der Waals surface area contributed by atoms with Crippen LogP contribution in [0.1, 0.15) is 24.0 Å². The molecule has 1 aromatic carbocycles. The number of carbonyl (C=O) groups is 2. The second kappa shape index (κ2) is 6.25. The van der Waals surface area contributed by atoms with Crippen LogP contribution in [0.3, 0.4) is 0 Å². The average Bonchev–Trinajstić information content (AvgIpc) is 2.77. The van der Waals surface area contributed by atoms with Crippen LogP contribution < -0.4 is 0 Å². The van der Waals surface area contributed by atoms with Gasteiger partial charge in [-0.05, 0) is 24.1 Å². The maximum Gasteiger partial charge on any atom is 0.416 e. The van der Waals surface area contributed by atoms with E-state index in [-0.39, 0.29) is 25.9 Å². The molecule has 1 amide bonds. The van der Waals surface area contributed by atoms with E-state index in [1.54, 1.807) is 0 Å². The molecular weight excluding hydrogens is 303 g/mol. The number of alkyl halides is 3. The topological polar surface area (TPSA) is 66.8 Å². The van der Waals surface area contributed by atoms with Crippen LogP contribution in [-0.2, 0) is 22.3 Å². The van der Waals surface area contributed by atoms with E-state index in [2.05, 4.69) is 0 Å². The zero-order valence-electron chi connectivity index (χ0n) is 11.5. The Morgan fingerprint density at radius 1 is 1.32 bits per heavy atom. The maximum absolute atomic E-state index is 12.5. The second-order valence-electron chi connectivity index (χ2n) is 5.01. The smallest absolute Gasteiger partial charge is 0.416 e. The first-order chi connectivity index (χ1) is 10.3. The highest BCUT2D eigenvalue weighted by Crippen LogP contribution is 2.29. The average molecular weight is 317 g/mol. The van der Waals surface area contributed by atoms with Gasteiger partial charge in [0.1, 0.15) is 6.10 Å². The Morgan fingerprint density at radius 3 is 2.50 bits per heavy atom. The SMILES string of the molecule is O=C(O)CCC1CN(Cc2ccc(C(F)(F)F)cc2)C(=O)O1. The van der Waals surface area contributed by atoms with Gasteiger partial charge in [-0.15, -0.1) is 0 Å². The molecule has 1 unspecified atom stereocenters. The predicted octanol–water partition coefficient (Wildman–Crippen LogP) is 2.89. The van der Waals surface area contributed by atoms with Crippen molar-refractivity contribution in [1.29, 1.82) is 0 Å². The third-order valence-corrected chi connectivity index (χ3v) is 3.28. The van der Waals surface area contributed by atoms with Crippen LogP contribution in [-0.4, -0.2) is 34.7 Å². The molecule has 1 saturated heterocycles. The van der Waals surface area contributed by atoms with Gasteiger partial charge in [-0.1, -0.05) is 12.1 Å². The van der Waals surface area contributed by atoms with Crippen molar-refractivity contribution in [3.63, 3.8) is 0 Å². The Bertz CT molecular complexity index is 556. The van der Waals surface area contributed by atoms with E-state index in [0.29, 0.717) is 5.56 Å². The first-order valence-electron chi connectivity index (χ1n) is 6.59. The first kappa shape index (κ1) is 16.1. The van der Waals surface area contributed by atoms with Gasteiger partial charge in [0.2, 0.25) is 0 Å². The minimum Gasteiger partial charge on any atom is -0.481 e. The number of aliphatic carboxylic acids is 1. The highest BCUT2D eigenvalue weighted by molar-refractivity contribution is 5.70. The number of carboxylic acids is 1. The van der Waals surface area contributed by atoms with Crippen molar-refractivity contribution in [2.75, 3.05) is 6.54 Å². The molecule has 8 heteroatoms. The zero-order chi connectivity index (χ0) is 16.3. The van der Waals surface area contributed by atoms with Crippen molar-refractivity contribution in [3.05, 3.63) is 35.4 Å². The number of amides is 1. The standard InChI is InChI=1S/C14H14F3NO4/c15-14(16,17)10-3-1-9(2-4-10)7-18-8-11(22-13(18)21)5-6-12(19)20/h1-4,11H,5-8H2,(H,19,20). The van der Waals surface area contributed by atoms with Gasteiger partial charge in [-0.25, -0.2) is 4.79 Å². The Kier molecular flexibility index (Phi) is 4.58. The van der Waals surface area contributed by atoms with E-state index in [1.807, 2.05) is 0 Å². The number of ether oxygens (including phenoxy) is 1. The summed E-state index contributed by atoms with van der Waals surface area (Å²) >= 11 is 0. The molecule has 1 aliphatic rings. The van der Waals surface area contributed by atoms with E-state index < -0.39 is 29.9 Å². The summed E-state index contributed by atoms with van der Waals surface area (Å²) in [7, 11) is 0. The minimum atomic E-state index is -4.40. The summed E-state index contributed by atoms with van der Waals surface area (Å²) in [5, 5.41) is 8.59. The van der Waals surface area contributed by atoms with Crippen molar-refractivity contribution in [3.8, 4) is 0 Å². The summed E-state index contributed by atoms with van der Waals surface area (Å²) < 4.78 is 42.4. The minimum absolute atomic E-state index is 0.105. The van der Waals surface area contributed by atoms with Crippen LogP contribution in [0.25, 0.3) is 0 Å². The van der Waals surface area contributed by atoms with Crippen molar-refractivity contribution in [1.82, 2.24) is 4.90 Å². The number of nitrogens with zero attached hydrogens (tertiary/aromatic N) is 1. The molecule has 1 N–H and O–H groups in total. The second-order valence-corrected chi connectivity index (χ2v) is 5.01. The van der Waals surface area contributed by atoms with E-state index in [0.717, 1.165) is 12.1 Å². The molecule has 0 bridgehead atoms. The van der Waals surface area contributed by atoms with Crippen LogP contribution >= 0.6 is 0 Å². The largest absolute Gasteiger partial charge is 0.481 e. The van der Waals surface area contributed by atoms with Crippen molar-refractivity contribution in [2.24, 2.45) is 0 Å². The van der Waals surface area contributed by atoms with Crippen LogP contribution in [0.15, 0.2) is 24.3 Å². The lowest BCUT2D eigenvalue weighted by Gasteiger charge is -2.13. The fourth-order valence-corrected chi connectivity index (χ4v) is 2.16. The fraction of sp³-hybridized carbons (Fsp3) is 0.429. The highest BCUT2D eigenvalue weighted by Gasteiger charge is 2.32. The summed E-state index contributed by atoms with van der Waals surface area (Å²) in [5.41, 5.74) is -0.205. The Morgan fingerprint density at radius 2 is 1.95 bits per heavy atom. The van der Waals surface area contributed by atoms with Gasteiger partial charge in [-0.3, -0.25) is 4.79 Å². The molecule has 0 aliphatic carbocycles. The van der Waals surface area contributed by atoms with Gasteiger partial charge in [0, 0.05) is 13.0 Å². The van der Waals surface area contributed by atoms with E-state index in [1.165, 1.54) is 17.0 Å². The Hall–Kier alpha value is -2.25. The van der Waals surface area contributed by atoms with Crippen LogP contribution in [0, 0.1) is 0 Å². The molecule has 0 radical (unpaired) electrons. The summed E-state index contributed by atoms with van der Waals surface area (Å²) in [6, 6.07) is 4.53. The molecule has 22 heavy (non-hydrogen) atoms. The molecule has 1 atom stereocenters. The van der Waals surface area contributed by atoms with Gasteiger partial charge in [0.25, 0.3) is 0 Å². The van der Waals surface area contributed by atoms with E-state index >= 15 is 0 Å². The molecule has 0 saturated carbocycles. The molecule has 120 valence electrons. The first-order valence-corrected chi connectivity index (χ1v) is 6.59. The normalized spacial score (nSPS) is 18.4. The van der Waals surface area contributed by atoms with Crippen LogP contribution in [0.5, 0.6) is 0 Å². The summed E-state index contributed by atoms with van der Waals surface area (Å²) in [6.45, 7) is 0.355. The van der Waals surface area contributed by atoms with Crippen LogP contribution in [0.2, 0.25) is 0 Å². The highest BCUT2D eigenvalue weighted by atomic mass is 19.4. The van der Waals surface area contributed by atoms with Crippen molar-refractivity contribution >= 4 is 12.1 Å². The Labute approximate surface area is 124 Å². The number of hydrogen-bond acceptors (Lipinski definition) is 3. The quantitative estimate of drug-likeness (QED) is 0.907. The third-order valence-electron chi connectivity index (χ3n) is 3.28. The van der Waals surface area contributed by atoms with Crippen molar-refractivity contribution in [2.45, 2.75) is 31.7 Å². The summed E-state index contributed by atoms with van der Waals surface area (Å²) in [5.74, 6) is -0.975. The maximum atomic E-state index is 12.5. The van der Waals surface area contributed by atoms with Gasteiger partial charge in [-0.2, -0.15) is 13.2 Å². The molecule has 1 aromatic rings. The van der Waals surface area contributed by atoms with Gasteiger partial charge in [0.05, 0.1) is 12.1 Å². The molecule has 2 rings (SSSR count). The van der Waals surface area contributed by atoms with Crippen LogP contribution in [0.4, 0.5) is 18.0 Å². The zero-order valence-corrected chi connectivity index (χ0v) is 11.5. The third kappa shape index (κ3) is 4.12. The molecule has 1 fully saturated rings. The lowest BCUT2D eigenvalue weighted by molar-refractivity contribution is -0.138. The molecule has 0 spiro atoms. The monoisotopic (exact) mass is 317 g/mol. The number of carboxylic acid groups (broad SMARTS) is 1.